The molecule has 0 spiro atoms. The van der Waals surface area contributed by atoms with Crippen molar-refractivity contribution in [2.24, 2.45) is 20.4 Å². The first-order chi connectivity index (χ1) is 16.4. The number of hydrogen-bond donors (Lipinski definition) is 0. The van der Waals surface area contributed by atoms with Crippen LogP contribution in [0.5, 0.6) is 0 Å². The van der Waals surface area contributed by atoms with E-state index in [9.17, 15) is 0 Å². The summed E-state index contributed by atoms with van der Waals surface area (Å²) in [7, 11) is 0. The number of nitrogens with zero attached hydrogens (tertiary/aromatic N) is 8. The van der Waals surface area contributed by atoms with Gasteiger partial charge < -0.3 is 35.1 Å². The Kier molecular flexibility index (Phi) is 17.5. The van der Waals surface area contributed by atoms with Crippen LogP contribution in [-0.2, 0) is 41.7 Å². The summed E-state index contributed by atoms with van der Waals surface area (Å²) in [6.07, 6.45) is 3.47. The third kappa shape index (κ3) is 12.2. The van der Waals surface area contributed by atoms with Crippen molar-refractivity contribution in [1.29, 1.82) is 0 Å². The zero-order chi connectivity index (χ0) is 25.3. The second kappa shape index (κ2) is 18.8. The molecule has 8 nitrogen and oxygen atoms in total. The van der Waals surface area contributed by atoms with Crippen molar-refractivity contribution < 1.29 is 16.5 Å². The Bertz CT molecular complexity index is 879. The first kappa shape index (κ1) is 32.5. The van der Waals surface area contributed by atoms with Crippen LogP contribution >= 0.6 is 0 Å². The summed E-state index contributed by atoms with van der Waals surface area (Å²) in [5, 5.41) is 17.3. The smallest absolute Gasteiger partial charge is 0.741 e. The molecule has 0 amide bonds. The van der Waals surface area contributed by atoms with Crippen LogP contribution in [0.15, 0.2) is 69.2 Å². The molecule has 0 aliphatic heterocycles. The third-order valence-electron chi connectivity index (χ3n) is 4.71. The topological polar surface area (TPSA) is 81.7 Å². The van der Waals surface area contributed by atoms with Crippen LogP contribution in [0.1, 0.15) is 52.9 Å². The molecule has 2 rings (SSSR count). The molecule has 35 heavy (non-hydrogen) atoms. The Hall–Kier alpha value is -2.49. The maximum atomic E-state index is 5.17. The van der Waals surface area contributed by atoms with E-state index in [4.69, 9.17) is 25.3 Å². The zero-order valence-electron chi connectivity index (χ0n) is 21.2. The summed E-state index contributed by atoms with van der Waals surface area (Å²) in [5.41, 5.74) is 3.16. The van der Waals surface area contributed by atoms with Gasteiger partial charge in [-0.1, -0.05) is 12.1 Å². The van der Waals surface area contributed by atoms with E-state index in [1.165, 1.54) is 0 Å². The predicted molar refractivity (Wildman–Crippen MR) is 148 cm³/mol. The standard InChI is InChI=1S/2C12H18N4S.Ni/c2*1-4-16(5-2)12(17)15-14-10(3)11-8-6-7-9-13-11;/h2*6-9H,4-5H2,1-3H3,(H,15,17);/q;;+2/p-2/b2*14-10-;. The number of hydrogen-bond acceptors (Lipinski definition) is 8. The molecule has 2 aromatic heterocycles. The molecule has 0 radical (unpaired) electrons. The van der Waals surface area contributed by atoms with Crippen molar-refractivity contribution >= 4 is 47.0 Å². The SMILES string of the molecule is CCN(CC)/C([S-])=N\N=C(\C)c1ccccn1.CCN(CC)/C([S-])=N\N=C(\C)c1ccccn1.[Ni+2]. The summed E-state index contributed by atoms with van der Waals surface area (Å²) in [6.45, 7) is 15.3. The van der Waals surface area contributed by atoms with Crippen LogP contribution < -0.4 is 0 Å². The molecule has 0 unspecified atom stereocenters. The van der Waals surface area contributed by atoms with Gasteiger partial charge in [0.25, 0.3) is 0 Å². The zero-order valence-corrected chi connectivity index (χ0v) is 23.8. The summed E-state index contributed by atoms with van der Waals surface area (Å²) in [5.74, 6) is 0. The third-order valence-corrected chi connectivity index (χ3v) is 5.39. The van der Waals surface area contributed by atoms with Crippen molar-refractivity contribution in [3.63, 3.8) is 0 Å². The summed E-state index contributed by atoms with van der Waals surface area (Å²) < 4.78 is 0. The van der Waals surface area contributed by atoms with E-state index in [1.54, 1.807) is 12.4 Å². The molecule has 2 aromatic rings. The van der Waals surface area contributed by atoms with Gasteiger partial charge >= 0.3 is 16.5 Å². The van der Waals surface area contributed by atoms with E-state index >= 15 is 0 Å². The molecule has 0 saturated heterocycles. The van der Waals surface area contributed by atoms with Gasteiger partial charge in [0.2, 0.25) is 0 Å². The van der Waals surface area contributed by atoms with Gasteiger partial charge in [-0.3, -0.25) is 9.97 Å². The van der Waals surface area contributed by atoms with E-state index in [1.807, 2.05) is 87.7 Å². The fourth-order valence-corrected chi connectivity index (χ4v) is 3.20. The van der Waals surface area contributed by atoms with Gasteiger partial charge in [0, 0.05) is 48.9 Å². The van der Waals surface area contributed by atoms with Gasteiger partial charge in [-0.15, -0.1) is 0 Å². The van der Waals surface area contributed by atoms with Crippen LogP contribution in [0.3, 0.4) is 0 Å². The minimum atomic E-state index is 0. The largest absolute Gasteiger partial charge is 2.00 e. The number of pyridine rings is 2. The molecule has 2 heterocycles. The fourth-order valence-electron chi connectivity index (χ4n) is 2.61. The molecule has 0 saturated carbocycles. The Morgan fingerprint density at radius 3 is 1.26 bits per heavy atom. The maximum absolute atomic E-state index is 5.17. The van der Waals surface area contributed by atoms with Crippen LogP contribution in [0.25, 0.3) is 0 Å². The molecule has 11 heteroatoms. The minimum Gasteiger partial charge on any atom is -0.741 e. The quantitative estimate of drug-likeness (QED) is 0.160. The van der Waals surface area contributed by atoms with Gasteiger partial charge in [-0.05, 0) is 65.8 Å². The van der Waals surface area contributed by atoms with Gasteiger partial charge in [0.1, 0.15) is 0 Å². The van der Waals surface area contributed by atoms with E-state index in [0.29, 0.717) is 10.3 Å². The normalized spacial score (nSPS) is 12.3. The van der Waals surface area contributed by atoms with Crippen molar-refractivity contribution in [2.45, 2.75) is 41.5 Å². The molecule has 0 fully saturated rings. The number of amidine groups is 2. The van der Waals surface area contributed by atoms with Gasteiger partial charge in [-0.2, -0.15) is 20.4 Å². The van der Waals surface area contributed by atoms with Crippen molar-refractivity contribution in [3.05, 3.63) is 60.2 Å². The Labute approximate surface area is 230 Å². The van der Waals surface area contributed by atoms with Crippen molar-refractivity contribution in [2.75, 3.05) is 26.2 Å². The molecule has 0 N–H and O–H groups in total. The summed E-state index contributed by atoms with van der Waals surface area (Å²) >= 11 is 10.3. The number of rotatable bonds is 8. The van der Waals surface area contributed by atoms with Crippen molar-refractivity contribution in [3.8, 4) is 0 Å². The van der Waals surface area contributed by atoms with Crippen LogP contribution in [-0.4, -0.2) is 67.7 Å². The van der Waals surface area contributed by atoms with Crippen LogP contribution in [0.4, 0.5) is 0 Å². The van der Waals surface area contributed by atoms with Gasteiger partial charge in [-0.25, -0.2) is 0 Å². The molecular weight excluding hydrogens is 523 g/mol. The molecule has 0 bridgehead atoms. The van der Waals surface area contributed by atoms with Crippen LogP contribution in [0, 0.1) is 0 Å². The molecule has 0 aliphatic carbocycles. The summed E-state index contributed by atoms with van der Waals surface area (Å²) in [4.78, 5) is 12.3. The number of aromatic nitrogens is 2. The van der Waals surface area contributed by atoms with E-state index in [-0.39, 0.29) is 16.5 Å². The first-order valence-corrected chi connectivity index (χ1v) is 12.1. The van der Waals surface area contributed by atoms with Gasteiger partial charge in [0.15, 0.2) is 0 Å². The minimum absolute atomic E-state index is 0. The Morgan fingerprint density at radius 2 is 1.00 bits per heavy atom. The molecule has 0 aliphatic rings. The van der Waals surface area contributed by atoms with E-state index < -0.39 is 0 Å². The maximum Gasteiger partial charge on any atom is 2.00 e. The second-order valence-corrected chi connectivity index (χ2v) is 7.64. The predicted octanol–water partition coefficient (Wildman–Crippen LogP) is 4.10. The Morgan fingerprint density at radius 1 is 0.657 bits per heavy atom. The molecule has 192 valence electrons. The average molecular weight is 557 g/mol. The average Bonchev–Trinajstić information content (AvgIpc) is 2.88. The van der Waals surface area contributed by atoms with Crippen molar-refractivity contribution in [1.82, 2.24) is 19.8 Å². The van der Waals surface area contributed by atoms with Crippen LogP contribution in [0.2, 0.25) is 0 Å². The first-order valence-electron chi connectivity index (χ1n) is 11.3. The molecule has 0 atom stereocenters. The Balaban J connectivity index is 0.000000642. The van der Waals surface area contributed by atoms with E-state index in [0.717, 1.165) is 49.0 Å². The van der Waals surface area contributed by atoms with Gasteiger partial charge in [0.05, 0.1) is 22.8 Å². The second-order valence-electron chi connectivity index (χ2n) is 6.91. The monoisotopic (exact) mass is 556 g/mol. The molecule has 0 aromatic carbocycles. The fraction of sp³-hybridized carbons (Fsp3) is 0.417. The molecular formula is C24H34N8NiS2. The van der Waals surface area contributed by atoms with E-state index in [2.05, 4.69) is 30.4 Å². The summed E-state index contributed by atoms with van der Waals surface area (Å²) in [6, 6.07) is 11.4.